The van der Waals surface area contributed by atoms with Crippen molar-refractivity contribution in [3.05, 3.63) is 11.4 Å². The summed E-state index contributed by atoms with van der Waals surface area (Å²) < 4.78 is 4.68. The number of rotatable bonds is 6. The Bertz CT molecular complexity index is 343. The van der Waals surface area contributed by atoms with Gasteiger partial charge in [0.15, 0.2) is 0 Å². The Balaban J connectivity index is 1.46. The summed E-state index contributed by atoms with van der Waals surface area (Å²) in [6.45, 7) is 3.87. The lowest BCUT2D eigenvalue weighted by Crippen LogP contribution is -2.25. The van der Waals surface area contributed by atoms with E-state index >= 15 is 0 Å². The lowest BCUT2D eigenvalue weighted by Gasteiger charge is -2.15. The summed E-state index contributed by atoms with van der Waals surface area (Å²) >= 11 is 0. The van der Waals surface area contributed by atoms with Gasteiger partial charge in [0.05, 0.1) is 0 Å². The van der Waals surface area contributed by atoms with Gasteiger partial charge in [-0.1, -0.05) is 10.3 Å². The highest BCUT2D eigenvalue weighted by molar-refractivity contribution is 5.04. The number of hydrogen-bond acceptors (Lipinski definition) is 4. The van der Waals surface area contributed by atoms with Gasteiger partial charge >= 0.3 is 0 Å². The van der Waals surface area contributed by atoms with Gasteiger partial charge in [-0.2, -0.15) is 0 Å². The van der Waals surface area contributed by atoms with Crippen molar-refractivity contribution in [2.24, 2.45) is 17.8 Å². The molecule has 1 aromatic rings. The Morgan fingerprint density at radius 2 is 1.94 bits per heavy atom. The van der Waals surface area contributed by atoms with Gasteiger partial charge in [0.1, 0.15) is 11.4 Å². The van der Waals surface area contributed by atoms with Crippen molar-refractivity contribution in [2.45, 2.75) is 39.2 Å². The molecule has 2 fully saturated rings. The first-order valence-electron chi connectivity index (χ1n) is 6.33. The Kier molecular flexibility index (Phi) is 2.67. The molecule has 0 saturated heterocycles. The zero-order chi connectivity index (χ0) is 11.0. The molecule has 0 bridgehead atoms. The molecule has 0 radical (unpaired) electrons. The van der Waals surface area contributed by atoms with E-state index < -0.39 is 0 Å². The maximum Gasteiger partial charge on any atom is 0.121 e. The fourth-order valence-corrected chi connectivity index (χ4v) is 2.53. The van der Waals surface area contributed by atoms with Crippen LogP contribution in [0, 0.1) is 24.7 Å². The molecule has 0 spiro atoms. The zero-order valence-electron chi connectivity index (χ0n) is 9.78. The normalized spacial score (nSPS) is 20.6. The van der Waals surface area contributed by atoms with Crippen molar-refractivity contribution in [3.63, 3.8) is 0 Å². The van der Waals surface area contributed by atoms with Gasteiger partial charge < -0.3 is 5.32 Å². The minimum Gasteiger partial charge on any atom is -0.311 e. The van der Waals surface area contributed by atoms with Gasteiger partial charge in [-0.15, -0.1) is 0 Å². The molecule has 2 aliphatic rings. The molecule has 0 atom stereocenters. The predicted octanol–water partition coefficient (Wildman–Crippen LogP) is 1.90. The molecule has 1 heterocycles. The summed E-state index contributed by atoms with van der Waals surface area (Å²) in [4.78, 5) is 0. The van der Waals surface area contributed by atoms with Gasteiger partial charge in [0.25, 0.3) is 0 Å². The van der Waals surface area contributed by atoms with E-state index in [-0.39, 0.29) is 0 Å². The summed E-state index contributed by atoms with van der Waals surface area (Å²) in [7, 11) is 0. The van der Waals surface area contributed by atoms with Crippen molar-refractivity contribution < 1.29 is 4.63 Å². The Morgan fingerprint density at radius 3 is 2.44 bits per heavy atom. The van der Waals surface area contributed by atoms with E-state index in [1.165, 1.54) is 25.7 Å². The summed E-state index contributed by atoms with van der Waals surface area (Å²) in [5.41, 5.74) is 1.85. The molecule has 16 heavy (non-hydrogen) atoms. The molecule has 0 aromatic carbocycles. The molecule has 4 heteroatoms. The number of nitrogens with zero attached hydrogens (tertiary/aromatic N) is 2. The average molecular weight is 221 g/mol. The van der Waals surface area contributed by atoms with E-state index in [2.05, 4.69) is 20.3 Å². The standard InChI is InChI=1S/C12H19N3O/c1-8-12(15-16-14-8)7-13-6-11(9-2-3-9)10-4-5-10/h9-11,13H,2-7H2,1H3. The van der Waals surface area contributed by atoms with Crippen LogP contribution in [0.1, 0.15) is 37.1 Å². The highest BCUT2D eigenvalue weighted by Gasteiger charge is 2.40. The van der Waals surface area contributed by atoms with Crippen molar-refractivity contribution in [3.8, 4) is 0 Å². The SMILES string of the molecule is Cc1nonc1CNCC(C1CC1)C1CC1. The number of aromatic nitrogens is 2. The first-order chi connectivity index (χ1) is 7.84. The molecular weight excluding hydrogens is 202 g/mol. The Hall–Kier alpha value is -0.900. The fraction of sp³-hybridized carbons (Fsp3) is 0.833. The van der Waals surface area contributed by atoms with E-state index in [0.717, 1.165) is 42.2 Å². The first kappa shape index (κ1) is 10.3. The highest BCUT2D eigenvalue weighted by Crippen LogP contribution is 2.48. The van der Waals surface area contributed by atoms with Crippen LogP contribution in [0.15, 0.2) is 4.63 Å². The third-order valence-corrected chi connectivity index (χ3v) is 3.87. The third kappa shape index (κ3) is 2.26. The molecular formula is C12H19N3O. The summed E-state index contributed by atoms with van der Waals surface area (Å²) in [5, 5.41) is 11.2. The van der Waals surface area contributed by atoms with Crippen LogP contribution in [-0.4, -0.2) is 16.9 Å². The van der Waals surface area contributed by atoms with Crippen molar-refractivity contribution in [1.82, 2.24) is 15.6 Å². The topological polar surface area (TPSA) is 51.0 Å². The summed E-state index contributed by atoms with van der Waals surface area (Å²) in [6.07, 6.45) is 5.81. The van der Waals surface area contributed by atoms with E-state index in [4.69, 9.17) is 0 Å². The first-order valence-corrected chi connectivity index (χ1v) is 6.33. The minimum atomic E-state index is 0.797. The van der Waals surface area contributed by atoms with Gasteiger partial charge in [-0.05, 0) is 56.9 Å². The van der Waals surface area contributed by atoms with Crippen LogP contribution in [0.3, 0.4) is 0 Å². The lowest BCUT2D eigenvalue weighted by molar-refractivity contribution is 0.299. The van der Waals surface area contributed by atoms with Gasteiger partial charge in [0, 0.05) is 6.54 Å². The molecule has 4 nitrogen and oxygen atoms in total. The largest absolute Gasteiger partial charge is 0.311 e. The minimum absolute atomic E-state index is 0.797. The van der Waals surface area contributed by atoms with Crippen LogP contribution in [0.2, 0.25) is 0 Å². The molecule has 1 aromatic heterocycles. The van der Waals surface area contributed by atoms with Crippen LogP contribution in [0.5, 0.6) is 0 Å². The monoisotopic (exact) mass is 221 g/mol. The van der Waals surface area contributed by atoms with Crippen LogP contribution in [0.25, 0.3) is 0 Å². The Morgan fingerprint density at radius 1 is 1.25 bits per heavy atom. The van der Waals surface area contributed by atoms with Crippen molar-refractivity contribution in [1.29, 1.82) is 0 Å². The van der Waals surface area contributed by atoms with Crippen LogP contribution in [-0.2, 0) is 6.54 Å². The van der Waals surface area contributed by atoms with Crippen molar-refractivity contribution in [2.75, 3.05) is 6.54 Å². The van der Waals surface area contributed by atoms with E-state index in [9.17, 15) is 0 Å². The van der Waals surface area contributed by atoms with E-state index in [1.807, 2.05) is 6.92 Å². The summed E-state index contributed by atoms with van der Waals surface area (Å²) in [6, 6.07) is 0. The van der Waals surface area contributed by atoms with Gasteiger partial charge in [-0.3, -0.25) is 0 Å². The third-order valence-electron chi connectivity index (χ3n) is 3.87. The zero-order valence-corrected chi connectivity index (χ0v) is 9.78. The average Bonchev–Trinajstić information content (AvgIpc) is 3.15. The predicted molar refractivity (Wildman–Crippen MR) is 59.7 cm³/mol. The molecule has 0 unspecified atom stereocenters. The Labute approximate surface area is 95.8 Å². The van der Waals surface area contributed by atoms with E-state index in [1.54, 1.807) is 0 Å². The number of aryl methyl sites for hydroxylation is 1. The highest BCUT2D eigenvalue weighted by atomic mass is 16.6. The molecule has 0 amide bonds. The molecule has 0 aliphatic heterocycles. The van der Waals surface area contributed by atoms with Gasteiger partial charge in [-0.25, -0.2) is 4.63 Å². The second kappa shape index (κ2) is 4.17. The lowest BCUT2D eigenvalue weighted by atomic mass is 9.98. The second-order valence-corrected chi connectivity index (χ2v) is 5.27. The van der Waals surface area contributed by atoms with Crippen molar-refractivity contribution >= 4 is 0 Å². The van der Waals surface area contributed by atoms with E-state index in [0.29, 0.717) is 0 Å². The molecule has 2 aliphatic carbocycles. The molecule has 3 rings (SSSR count). The smallest absolute Gasteiger partial charge is 0.121 e. The quantitative estimate of drug-likeness (QED) is 0.797. The van der Waals surface area contributed by atoms with Crippen LogP contribution >= 0.6 is 0 Å². The second-order valence-electron chi connectivity index (χ2n) is 5.27. The van der Waals surface area contributed by atoms with Gasteiger partial charge in [0.2, 0.25) is 0 Å². The maximum atomic E-state index is 4.68. The molecule has 88 valence electrons. The molecule has 2 saturated carbocycles. The number of hydrogen-bond donors (Lipinski definition) is 1. The summed E-state index contributed by atoms with van der Waals surface area (Å²) in [5.74, 6) is 2.94. The maximum absolute atomic E-state index is 4.68. The van der Waals surface area contributed by atoms with Crippen LogP contribution < -0.4 is 5.32 Å². The fourth-order valence-electron chi connectivity index (χ4n) is 2.53. The van der Waals surface area contributed by atoms with Crippen LogP contribution in [0.4, 0.5) is 0 Å². The molecule has 1 N–H and O–H groups in total. The number of nitrogens with one attached hydrogen (secondary N) is 1.